The van der Waals surface area contributed by atoms with Crippen molar-refractivity contribution in [2.75, 3.05) is 6.54 Å². The van der Waals surface area contributed by atoms with Crippen molar-refractivity contribution in [3.63, 3.8) is 0 Å². The number of carbonyl (C=O) groups is 1. The Kier molecular flexibility index (Phi) is 4.59. The van der Waals surface area contributed by atoms with E-state index in [1.165, 1.54) is 18.2 Å². The van der Waals surface area contributed by atoms with Crippen LogP contribution in [0.15, 0.2) is 42.5 Å². The average molecular weight is 333 g/mol. The number of benzene rings is 2. The van der Waals surface area contributed by atoms with E-state index in [-0.39, 0.29) is 11.1 Å². The minimum atomic E-state index is -1.00. The Morgan fingerprint density at radius 1 is 1.17 bits per heavy atom. The van der Waals surface area contributed by atoms with Gasteiger partial charge in [0.15, 0.2) is 0 Å². The lowest BCUT2D eigenvalue weighted by Crippen LogP contribution is -2.25. The summed E-state index contributed by atoms with van der Waals surface area (Å²) >= 11 is 0. The molecule has 2 aromatic carbocycles. The van der Waals surface area contributed by atoms with Gasteiger partial charge in [-0.3, -0.25) is 4.90 Å². The SMILES string of the molecule is O=C(O)c1ccc(CN2CC(O)CC2c2cc(F)ccc2F)cc1. The molecule has 1 heterocycles. The maximum Gasteiger partial charge on any atom is 0.335 e. The lowest BCUT2D eigenvalue weighted by molar-refractivity contribution is 0.0697. The van der Waals surface area contributed by atoms with Gasteiger partial charge in [0.2, 0.25) is 0 Å². The van der Waals surface area contributed by atoms with Crippen LogP contribution in [0.2, 0.25) is 0 Å². The molecule has 1 aliphatic heterocycles. The Morgan fingerprint density at radius 2 is 1.88 bits per heavy atom. The Hall–Kier alpha value is -2.31. The third-order valence-electron chi connectivity index (χ3n) is 4.28. The van der Waals surface area contributed by atoms with E-state index in [9.17, 15) is 18.7 Å². The monoisotopic (exact) mass is 333 g/mol. The van der Waals surface area contributed by atoms with Crippen molar-refractivity contribution in [1.82, 2.24) is 4.90 Å². The molecule has 0 bridgehead atoms. The lowest BCUT2D eigenvalue weighted by Gasteiger charge is -2.25. The quantitative estimate of drug-likeness (QED) is 0.903. The predicted molar refractivity (Wildman–Crippen MR) is 83.5 cm³/mol. The molecular weight excluding hydrogens is 316 g/mol. The highest BCUT2D eigenvalue weighted by Gasteiger charge is 2.33. The summed E-state index contributed by atoms with van der Waals surface area (Å²) in [4.78, 5) is 12.8. The van der Waals surface area contributed by atoms with Gasteiger partial charge < -0.3 is 10.2 Å². The van der Waals surface area contributed by atoms with Gasteiger partial charge in [-0.15, -0.1) is 0 Å². The van der Waals surface area contributed by atoms with E-state index < -0.39 is 29.7 Å². The predicted octanol–water partition coefficient (Wildman–Crippen LogP) is 2.97. The van der Waals surface area contributed by atoms with Crippen LogP contribution in [-0.2, 0) is 6.54 Å². The molecule has 126 valence electrons. The van der Waals surface area contributed by atoms with Crippen LogP contribution in [0.4, 0.5) is 8.78 Å². The first-order valence-electron chi connectivity index (χ1n) is 7.63. The number of nitrogens with zero attached hydrogens (tertiary/aromatic N) is 1. The minimum Gasteiger partial charge on any atom is -0.478 e. The van der Waals surface area contributed by atoms with Crippen molar-refractivity contribution in [1.29, 1.82) is 0 Å². The second-order valence-corrected chi connectivity index (χ2v) is 6.00. The van der Waals surface area contributed by atoms with Gasteiger partial charge in [0, 0.05) is 24.7 Å². The van der Waals surface area contributed by atoms with Crippen LogP contribution in [0.25, 0.3) is 0 Å². The van der Waals surface area contributed by atoms with Crippen LogP contribution in [0.3, 0.4) is 0 Å². The zero-order valence-corrected chi connectivity index (χ0v) is 12.8. The first kappa shape index (κ1) is 16.5. The number of β-amino-alcohol motifs (C(OH)–C–C–N with tert-alkyl or cyclic N) is 1. The molecule has 0 aliphatic carbocycles. The standard InChI is InChI=1S/C18H17F2NO3/c19-13-5-6-16(20)15(7-13)17-8-14(22)10-21(17)9-11-1-3-12(4-2-11)18(23)24/h1-7,14,17,22H,8-10H2,(H,23,24). The third kappa shape index (κ3) is 3.44. The average Bonchev–Trinajstić information content (AvgIpc) is 2.90. The van der Waals surface area contributed by atoms with Crippen molar-refractivity contribution in [3.8, 4) is 0 Å². The molecule has 2 atom stereocenters. The first-order chi connectivity index (χ1) is 11.4. The Labute approximate surface area is 138 Å². The summed E-state index contributed by atoms with van der Waals surface area (Å²) in [5.74, 6) is -2.02. The molecule has 1 aliphatic rings. The van der Waals surface area contributed by atoms with Crippen molar-refractivity contribution in [3.05, 3.63) is 70.8 Å². The lowest BCUT2D eigenvalue weighted by atomic mass is 10.0. The molecule has 2 aromatic rings. The zero-order valence-electron chi connectivity index (χ0n) is 12.8. The normalized spacial score (nSPS) is 21.1. The van der Waals surface area contributed by atoms with Gasteiger partial charge in [0.25, 0.3) is 0 Å². The van der Waals surface area contributed by atoms with Crippen molar-refractivity contribution >= 4 is 5.97 Å². The van der Waals surface area contributed by atoms with Gasteiger partial charge in [-0.1, -0.05) is 12.1 Å². The molecule has 0 amide bonds. The molecule has 0 aromatic heterocycles. The molecule has 24 heavy (non-hydrogen) atoms. The minimum absolute atomic E-state index is 0.188. The smallest absolute Gasteiger partial charge is 0.335 e. The second-order valence-electron chi connectivity index (χ2n) is 6.00. The highest BCUT2D eigenvalue weighted by Crippen LogP contribution is 2.35. The van der Waals surface area contributed by atoms with Gasteiger partial charge in [-0.05, 0) is 42.3 Å². The summed E-state index contributed by atoms with van der Waals surface area (Å²) in [5.41, 5.74) is 1.26. The molecule has 0 radical (unpaired) electrons. The fourth-order valence-corrected chi connectivity index (χ4v) is 3.13. The second kappa shape index (κ2) is 6.67. The number of halogens is 2. The van der Waals surface area contributed by atoms with Crippen LogP contribution >= 0.6 is 0 Å². The summed E-state index contributed by atoms with van der Waals surface area (Å²) in [5, 5.41) is 18.9. The molecule has 2 unspecified atom stereocenters. The summed E-state index contributed by atoms with van der Waals surface area (Å²) in [6, 6.07) is 9.28. The van der Waals surface area contributed by atoms with Gasteiger partial charge in [0.1, 0.15) is 11.6 Å². The summed E-state index contributed by atoms with van der Waals surface area (Å²) < 4.78 is 27.5. The highest BCUT2D eigenvalue weighted by atomic mass is 19.1. The van der Waals surface area contributed by atoms with Crippen LogP contribution in [-0.4, -0.2) is 33.7 Å². The molecule has 4 nitrogen and oxygen atoms in total. The Morgan fingerprint density at radius 3 is 2.54 bits per heavy atom. The molecule has 6 heteroatoms. The van der Waals surface area contributed by atoms with E-state index in [0.717, 1.165) is 17.7 Å². The number of hydrogen-bond acceptors (Lipinski definition) is 3. The number of carboxylic acid groups (broad SMARTS) is 1. The Balaban J connectivity index is 1.83. The number of likely N-dealkylation sites (tertiary alicyclic amines) is 1. The van der Waals surface area contributed by atoms with E-state index >= 15 is 0 Å². The van der Waals surface area contributed by atoms with E-state index in [0.29, 0.717) is 19.5 Å². The molecule has 3 rings (SSSR count). The Bertz CT molecular complexity index is 748. The molecule has 0 spiro atoms. The van der Waals surface area contributed by atoms with E-state index in [4.69, 9.17) is 5.11 Å². The summed E-state index contributed by atoms with van der Waals surface area (Å²) in [7, 11) is 0. The molecular formula is C18H17F2NO3. The maximum atomic E-state index is 14.1. The molecule has 1 fully saturated rings. The molecule has 2 N–H and O–H groups in total. The number of aromatic carboxylic acids is 1. The summed E-state index contributed by atoms with van der Waals surface area (Å²) in [6.07, 6.45) is -0.288. The largest absolute Gasteiger partial charge is 0.478 e. The molecule has 0 saturated carbocycles. The van der Waals surface area contributed by atoms with E-state index in [1.807, 2.05) is 4.90 Å². The summed E-state index contributed by atoms with van der Waals surface area (Å²) in [6.45, 7) is 0.763. The number of carboxylic acids is 1. The van der Waals surface area contributed by atoms with Crippen LogP contribution < -0.4 is 0 Å². The van der Waals surface area contributed by atoms with Crippen LogP contribution in [0.5, 0.6) is 0 Å². The number of hydrogen-bond donors (Lipinski definition) is 2. The van der Waals surface area contributed by atoms with Gasteiger partial charge in [0.05, 0.1) is 11.7 Å². The number of aliphatic hydroxyl groups excluding tert-OH is 1. The molecule has 1 saturated heterocycles. The number of rotatable bonds is 4. The van der Waals surface area contributed by atoms with Crippen LogP contribution in [0, 0.1) is 11.6 Å². The zero-order chi connectivity index (χ0) is 17.3. The fraction of sp³-hybridized carbons (Fsp3) is 0.278. The van der Waals surface area contributed by atoms with Crippen LogP contribution in [0.1, 0.15) is 33.9 Å². The number of aliphatic hydroxyl groups is 1. The van der Waals surface area contributed by atoms with Gasteiger partial charge in [-0.2, -0.15) is 0 Å². The van der Waals surface area contributed by atoms with Gasteiger partial charge in [-0.25, -0.2) is 13.6 Å². The highest BCUT2D eigenvalue weighted by molar-refractivity contribution is 5.87. The van der Waals surface area contributed by atoms with Crippen molar-refractivity contribution in [2.24, 2.45) is 0 Å². The van der Waals surface area contributed by atoms with Gasteiger partial charge >= 0.3 is 5.97 Å². The van der Waals surface area contributed by atoms with Crippen molar-refractivity contribution < 1.29 is 23.8 Å². The maximum absolute atomic E-state index is 14.1. The van der Waals surface area contributed by atoms with E-state index in [2.05, 4.69) is 0 Å². The third-order valence-corrected chi connectivity index (χ3v) is 4.28. The topological polar surface area (TPSA) is 60.8 Å². The van der Waals surface area contributed by atoms with E-state index in [1.54, 1.807) is 12.1 Å². The first-order valence-corrected chi connectivity index (χ1v) is 7.63. The fourth-order valence-electron chi connectivity index (χ4n) is 3.13. The van der Waals surface area contributed by atoms with Crippen molar-refractivity contribution in [2.45, 2.75) is 25.1 Å².